The number of aromatic nitrogens is 3. The average molecular weight is 463 g/mol. The van der Waals surface area contributed by atoms with Gasteiger partial charge in [0, 0.05) is 19.0 Å². The lowest BCUT2D eigenvalue weighted by atomic mass is 10.2. The van der Waals surface area contributed by atoms with Crippen molar-refractivity contribution in [3.8, 4) is 11.6 Å². The molecule has 1 aromatic carbocycles. The number of pyridine rings is 1. The second kappa shape index (κ2) is 9.27. The number of hydrogen-bond acceptors (Lipinski definition) is 7. The number of nitrogens with one attached hydrogen (secondary N) is 1. The van der Waals surface area contributed by atoms with Gasteiger partial charge in [0.1, 0.15) is 17.9 Å². The van der Waals surface area contributed by atoms with E-state index in [1.54, 1.807) is 17.0 Å². The van der Waals surface area contributed by atoms with Crippen LogP contribution in [0.1, 0.15) is 6.42 Å². The maximum absolute atomic E-state index is 14.4. The molecule has 1 amide bonds. The summed E-state index contributed by atoms with van der Waals surface area (Å²) in [4.78, 5) is 25.8. The number of fused-ring (bicyclic) bond motifs is 1. The maximum Gasteiger partial charge on any atom is 0.387 e. The van der Waals surface area contributed by atoms with Crippen LogP contribution in [-0.4, -0.2) is 51.6 Å². The standard InChI is InChI=1S/C21H17F4N5O3/c1-2-16(31)30-8-7-11(9-30)32-15-6-4-13-19(29-15)20(27-10-26-13)28-12-3-5-14(33-21(24)25)18(23)17(12)22/h2-6,10-11,21H,1,7-9H2,(H,26,27,28)/t11-/m0/s1. The van der Waals surface area contributed by atoms with Crippen molar-refractivity contribution in [3.05, 3.63) is 54.9 Å². The number of likely N-dealkylation sites (tertiary alicyclic amines) is 1. The summed E-state index contributed by atoms with van der Waals surface area (Å²) >= 11 is 0. The zero-order valence-corrected chi connectivity index (χ0v) is 17.0. The summed E-state index contributed by atoms with van der Waals surface area (Å²) in [6.45, 7) is 1.06. The summed E-state index contributed by atoms with van der Waals surface area (Å²) in [5.41, 5.74) is 0.240. The molecule has 3 heterocycles. The van der Waals surface area contributed by atoms with Crippen molar-refractivity contribution in [2.75, 3.05) is 18.4 Å². The van der Waals surface area contributed by atoms with Gasteiger partial charge in [0.2, 0.25) is 17.6 Å². The number of hydrogen-bond donors (Lipinski definition) is 1. The van der Waals surface area contributed by atoms with Crippen LogP contribution in [0.4, 0.5) is 29.1 Å². The molecule has 1 aliphatic rings. The maximum atomic E-state index is 14.4. The van der Waals surface area contributed by atoms with Crippen LogP contribution in [0.2, 0.25) is 0 Å². The lowest BCUT2D eigenvalue weighted by Gasteiger charge is -2.16. The Bertz CT molecular complexity index is 1210. The average Bonchev–Trinajstić information content (AvgIpc) is 3.27. The normalized spacial score (nSPS) is 15.7. The fraction of sp³-hybridized carbons (Fsp3) is 0.238. The van der Waals surface area contributed by atoms with Crippen molar-refractivity contribution in [1.29, 1.82) is 0 Å². The number of rotatable bonds is 7. The lowest BCUT2D eigenvalue weighted by molar-refractivity contribution is -0.125. The Morgan fingerprint density at radius 3 is 2.79 bits per heavy atom. The Morgan fingerprint density at radius 2 is 2.03 bits per heavy atom. The number of halogens is 4. The summed E-state index contributed by atoms with van der Waals surface area (Å²) < 4.78 is 62.9. The topological polar surface area (TPSA) is 89.5 Å². The third-order valence-electron chi connectivity index (χ3n) is 4.89. The molecule has 33 heavy (non-hydrogen) atoms. The highest BCUT2D eigenvalue weighted by molar-refractivity contribution is 5.88. The van der Waals surface area contributed by atoms with E-state index in [-0.39, 0.29) is 34.9 Å². The van der Waals surface area contributed by atoms with Crippen LogP contribution in [0.3, 0.4) is 0 Å². The molecule has 172 valence electrons. The van der Waals surface area contributed by atoms with Crippen molar-refractivity contribution < 1.29 is 31.8 Å². The molecular weight excluding hydrogens is 446 g/mol. The van der Waals surface area contributed by atoms with Crippen LogP contribution >= 0.6 is 0 Å². The number of carbonyl (C=O) groups excluding carboxylic acids is 1. The van der Waals surface area contributed by atoms with E-state index in [1.807, 2.05) is 0 Å². The molecule has 3 aromatic rings. The quantitative estimate of drug-likeness (QED) is 0.421. The van der Waals surface area contributed by atoms with Crippen molar-refractivity contribution >= 4 is 28.4 Å². The molecule has 1 atom stereocenters. The Labute approximate surface area is 184 Å². The van der Waals surface area contributed by atoms with E-state index in [9.17, 15) is 22.4 Å². The number of ether oxygens (including phenoxy) is 2. The number of alkyl halides is 2. The molecule has 1 fully saturated rings. The number of benzene rings is 1. The first kappa shape index (κ1) is 22.2. The monoisotopic (exact) mass is 463 g/mol. The van der Waals surface area contributed by atoms with Gasteiger partial charge < -0.3 is 19.7 Å². The third-order valence-corrected chi connectivity index (χ3v) is 4.89. The molecule has 0 aliphatic carbocycles. The Balaban J connectivity index is 1.57. The molecule has 8 nitrogen and oxygen atoms in total. The summed E-state index contributed by atoms with van der Waals surface area (Å²) in [6, 6.07) is 5.11. The molecule has 1 N–H and O–H groups in total. The Kier molecular flexibility index (Phi) is 6.24. The van der Waals surface area contributed by atoms with Crippen molar-refractivity contribution in [1.82, 2.24) is 19.9 Å². The number of anilines is 2. The van der Waals surface area contributed by atoms with E-state index in [0.29, 0.717) is 25.0 Å². The van der Waals surface area contributed by atoms with E-state index in [0.717, 1.165) is 12.1 Å². The van der Waals surface area contributed by atoms with E-state index >= 15 is 0 Å². The van der Waals surface area contributed by atoms with Gasteiger partial charge in [-0.2, -0.15) is 13.2 Å². The summed E-state index contributed by atoms with van der Waals surface area (Å²) in [7, 11) is 0. The first-order valence-corrected chi connectivity index (χ1v) is 9.75. The highest BCUT2D eigenvalue weighted by Crippen LogP contribution is 2.30. The van der Waals surface area contributed by atoms with Crippen molar-refractivity contribution in [2.45, 2.75) is 19.1 Å². The third kappa shape index (κ3) is 4.78. The molecule has 0 radical (unpaired) electrons. The van der Waals surface area contributed by atoms with Gasteiger partial charge in [0.15, 0.2) is 17.4 Å². The summed E-state index contributed by atoms with van der Waals surface area (Å²) in [6.07, 6.45) is 2.76. The molecule has 0 unspecified atom stereocenters. The molecule has 2 aromatic heterocycles. The highest BCUT2D eigenvalue weighted by atomic mass is 19.3. The molecule has 12 heteroatoms. The first-order valence-electron chi connectivity index (χ1n) is 9.75. The van der Waals surface area contributed by atoms with E-state index in [1.165, 1.54) is 12.4 Å². The van der Waals surface area contributed by atoms with Gasteiger partial charge in [0.25, 0.3) is 0 Å². The SMILES string of the molecule is C=CC(=O)N1CC[C@H](Oc2ccc3ncnc(Nc4ccc(OC(F)F)c(F)c4F)c3n2)C1. The van der Waals surface area contributed by atoms with E-state index < -0.39 is 24.0 Å². The van der Waals surface area contributed by atoms with Gasteiger partial charge in [-0.05, 0) is 24.3 Å². The molecule has 1 aliphatic heterocycles. The fourth-order valence-corrected chi connectivity index (χ4v) is 3.35. The van der Waals surface area contributed by atoms with Gasteiger partial charge in [-0.3, -0.25) is 4.79 Å². The minimum Gasteiger partial charge on any atom is -0.472 e. The minimum atomic E-state index is -3.30. The van der Waals surface area contributed by atoms with E-state index in [4.69, 9.17) is 4.74 Å². The number of carbonyl (C=O) groups is 1. The Morgan fingerprint density at radius 1 is 1.21 bits per heavy atom. The minimum absolute atomic E-state index is 0.0427. The smallest absolute Gasteiger partial charge is 0.387 e. The van der Waals surface area contributed by atoms with Crippen LogP contribution in [-0.2, 0) is 4.79 Å². The molecule has 4 rings (SSSR count). The van der Waals surface area contributed by atoms with Crippen molar-refractivity contribution in [2.24, 2.45) is 0 Å². The van der Waals surface area contributed by atoms with Crippen LogP contribution in [0, 0.1) is 11.6 Å². The Hall–Kier alpha value is -3.96. The molecular formula is C21H17F4N5O3. The second-order valence-corrected chi connectivity index (χ2v) is 7.00. The second-order valence-electron chi connectivity index (χ2n) is 7.00. The van der Waals surface area contributed by atoms with Crippen LogP contribution < -0.4 is 14.8 Å². The highest BCUT2D eigenvalue weighted by Gasteiger charge is 2.27. The first-order chi connectivity index (χ1) is 15.9. The van der Waals surface area contributed by atoms with Crippen LogP contribution in [0.5, 0.6) is 11.6 Å². The van der Waals surface area contributed by atoms with Crippen LogP contribution in [0.15, 0.2) is 43.2 Å². The largest absolute Gasteiger partial charge is 0.472 e. The predicted molar refractivity (Wildman–Crippen MR) is 109 cm³/mol. The molecule has 1 saturated heterocycles. The molecule has 0 bridgehead atoms. The lowest BCUT2D eigenvalue weighted by Crippen LogP contribution is -2.29. The number of amides is 1. The number of nitrogens with zero attached hydrogens (tertiary/aromatic N) is 4. The zero-order chi connectivity index (χ0) is 23.5. The molecule has 0 saturated carbocycles. The fourth-order valence-electron chi connectivity index (χ4n) is 3.35. The van der Waals surface area contributed by atoms with Gasteiger partial charge in [-0.1, -0.05) is 6.58 Å². The van der Waals surface area contributed by atoms with Gasteiger partial charge in [0.05, 0.1) is 17.7 Å². The summed E-state index contributed by atoms with van der Waals surface area (Å²) in [5, 5.41) is 2.60. The molecule has 0 spiro atoms. The zero-order valence-electron chi connectivity index (χ0n) is 17.0. The van der Waals surface area contributed by atoms with Gasteiger partial charge in [-0.25, -0.2) is 19.3 Å². The predicted octanol–water partition coefficient (Wildman–Crippen LogP) is 3.81. The van der Waals surface area contributed by atoms with Gasteiger partial charge in [-0.15, -0.1) is 0 Å². The van der Waals surface area contributed by atoms with E-state index in [2.05, 4.69) is 31.6 Å². The van der Waals surface area contributed by atoms with Gasteiger partial charge >= 0.3 is 6.61 Å². The summed E-state index contributed by atoms with van der Waals surface area (Å²) in [5.74, 6) is -3.84. The van der Waals surface area contributed by atoms with Crippen LogP contribution in [0.25, 0.3) is 11.0 Å². The van der Waals surface area contributed by atoms with Crippen molar-refractivity contribution in [3.63, 3.8) is 0 Å².